The van der Waals surface area contributed by atoms with Crippen LogP contribution in [0.4, 0.5) is 10.1 Å². The number of ether oxygens (including phenoxy) is 2. The highest BCUT2D eigenvalue weighted by atomic mass is 35.5. The number of hydrogen-bond acceptors (Lipinski definition) is 4. The van der Waals surface area contributed by atoms with Crippen LogP contribution in [0.3, 0.4) is 0 Å². The van der Waals surface area contributed by atoms with E-state index in [1.807, 2.05) is 0 Å². The fourth-order valence-corrected chi connectivity index (χ4v) is 6.74. The zero-order valence-electron chi connectivity index (χ0n) is 13.9. The van der Waals surface area contributed by atoms with Gasteiger partial charge in [0.25, 0.3) is 0 Å². The van der Waals surface area contributed by atoms with Gasteiger partial charge >= 0.3 is 0 Å². The van der Waals surface area contributed by atoms with Gasteiger partial charge in [0.1, 0.15) is 15.6 Å². The van der Waals surface area contributed by atoms with Crippen LogP contribution < -0.4 is 4.90 Å². The molecular formula is C17H12Cl4FNO4. The van der Waals surface area contributed by atoms with Gasteiger partial charge in [0.15, 0.2) is 0 Å². The maximum absolute atomic E-state index is 14.3. The quantitative estimate of drug-likeness (QED) is 0.398. The third-order valence-corrected chi connectivity index (χ3v) is 8.23. The van der Waals surface area contributed by atoms with Crippen molar-refractivity contribution in [2.75, 3.05) is 19.1 Å². The summed E-state index contributed by atoms with van der Waals surface area (Å²) in [4.78, 5) is 23.5. The minimum atomic E-state index is -1.86. The van der Waals surface area contributed by atoms with Crippen LogP contribution in [0, 0.1) is 17.7 Å². The number of methoxy groups -OCH3 is 2. The molecule has 2 amide bonds. The predicted molar refractivity (Wildman–Crippen MR) is 98.5 cm³/mol. The summed E-state index contributed by atoms with van der Waals surface area (Å²) >= 11 is 26.3. The molecule has 1 saturated carbocycles. The van der Waals surface area contributed by atoms with E-state index in [9.17, 15) is 14.0 Å². The maximum atomic E-state index is 14.3. The summed E-state index contributed by atoms with van der Waals surface area (Å²) in [7, 11) is 2.53. The number of fused-ring (bicyclic) bond motifs is 5. The summed E-state index contributed by atoms with van der Waals surface area (Å²) in [5.41, 5.74) is -0.200. The SMILES string of the molecule is COC1(OC)[C@@]2(Cl)C(Cl)=C(Cl)[C@@]1(Cl)[C@H]1C(=O)N(c3ccccc3F)C(=O)[C@@H]12. The van der Waals surface area contributed by atoms with E-state index in [0.29, 0.717) is 0 Å². The van der Waals surface area contributed by atoms with Crippen molar-refractivity contribution in [1.82, 2.24) is 0 Å². The van der Waals surface area contributed by atoms with Gasteiger partial charge in [-0.1, -0.05) is 35.3 Å². The van der Waals surface area contributed by atoms with E-state index in [4.69, 9.17) is 55.9 Å². The lowest BCUT2D eigenvalue weighted by Gasteiger charge is -2.42. The number of para-hydroxylation sites is 1. The highest BCUT2D eigenvalue weighted by Gasteiger charge is 2.89. The van der Waals surface area contributed by atoms with E-state index >= 15 is 0 Å². The van der Waals surface area contributed by atoms with Gasteiger partial charge in [-0.3, -0.25) is 9.59 Å². The molecule has 1 aromatic carbocycles. The van der Waals surface area contributed by atoms with Crippen LogP contribution in [-0.4, -0.2) is 41.6 Å². The second-order valence-electron chi connectivity index (χ2n) is 6.49. The van der Waals surface area contributed by atoms with E-state index in [-0.39, 0.29) is 15.8 Å². The number of anilines is 1. The summed E-state index contributed by atoms with van der Waals surface area (Å²) < 4.78 is 25.3. The van der Waals surface area contributed by atoms with Crippen molar-refractivity contribution < 1.29 is 23.5 Å². The normalized spacial score (nSPS) is 36.8. The molecule has 5 nitrogen and oxygen atoms in total. The van der Waals surface area contributed by atoms with Crippen LogP contribution in [0.2, 0.25) is 0 Å². The zero-order chi connectivity index (χ0) is 19.9. The summed E-state index contributed by atoms with van der Waals surface area (Å²) in [6.45, 7) is 0. The fraction of sp³-hybridized carbons (Fsp3) is 0.412. The third-order valence-electron chi connectivity index (χ3n) is 5.62. The second-order valence-corrected chi connectivity index (χ2v) is 8.44. The number of rotatable bonds is 3. The third kappa shape index (κ3) is 1.81. The molecule has 3 aliphatic rings. The van der Waals surface area contributed by atoms with Gasteiger partial charge in [-0.2, -0.15) is 0 Å². The lowest BCUT2D eigenvalue weighted by atomic mass is 9.84. The van der Waals surface area contributed by atoms with Crippen molar-refractivity contribution in [2.45, 2.75) is 15.5 Å². The molecule has 0 N–H and O–H groups in total. The second kappa shape index (κ2) is 5.81. The Kier molecular flexibility index (Phi) is 4.18. The molecule has 10 heteroatoms. The molecule has 27 heavy (non-hydrogen) atoms. The van der Waals surface area contributed by atoms with E-state index in [0.717, 1.165) is 11.0 Å². The minimum Gasteiger partial charge on any atom is -0.350 e. The molecule has 1 aromatic rings. The topological polar surface area (TPSA) is 55.8 Å². The molecule has 0 unspecified atom stereocenters. The number of nitrogens with zero attached hydrogens (tertiary/aromatic N) is 1. The number of alkyl halides is 2. The number of halogens is 5. The minimum absolute atomic E-state index is 0.137. The number of amides is 2. The highest BCUT2D eigenvalue weighted by molar-refractivity contribution is 6.54. The Bertz CT molecular complexity index is 874. The predicted octanol–water partition coefficient (Wildman–Crippen LogP) is 3.59. The molecule has 2 aliphatic carbocycles. The number of carbonyl (C=O) groups excluding carboxylic acids is 2. The van der Waals surface area contributed by atoms with Crippen LogP contribution in [-0.2, 0) is 19.1 Å². The van der Waals surface area contributed by atoms with Gasteiger partial charge in [-0.15, -0.1) is 23.2 Å². The Balaban J connectivity index is 1.96. The smallest absolute Gasteiger partial charge is 0.240 e. The van der Waals surface area contributed by atoms with Crippen LogP contribution in [0.1, 0.15) is 0 Å². The van der Waals surface area contributed by atoms with Crippen molar-refractivity contribution in [2.24, 2.45) is 11.8 Å². The van der Waals surface area contributed by atoms with Gasteiger partial charge in [-0.25, -0.2) is 9.29 Å². The van der Waals surface area contributed by atoms with Crippen LogP contribution in [0.15, 0.2) is 34.3 Å². The van der Waals surface area contributed by atoms with Crippen molar-refractivity contribution in [1.29, 1.82) is 0 Å². The van der Waals surface area contributed by atoms with Crippen molar-refractivity contribution in [3.8, 4) is 0 Å². The first kappa shape index (κ1) is 19.4. The molecule has 1 aliphatic heterocycles. The first-order valence-corrected chi connectivity index (χ1v) is 9.33. The Morgan fingerprint density at radius 1 is 0.963 bits per heavy atom. The van der Waals surface area contributed by atoms with Crippen LogP contribution in [0.25, 0.3) is 0 Å². The molecule has 0 aromatic heterocycles. The first-order valence-electron chi connectivity index (χ1n) is 7.81. The van der Waals surface area contributed by atoms with Crippen molar-refractivity contribution in [3.05, 3.63) is 40.1 Å². The maximum Gasteiger partial charge on any atom is 0.240 e. The Hall–Kier alpha value is -0.890. The van der Waals surface area contributed by atoms with Gasteiger partial charge in [-0.05, 0) is 12.1 Å². The summed E-state index contributed by atoms with van der Waals surface area (Å²) in [6, 6.07) is 5.39. The molecule has 0 radical (unpaired) electrons. The average molecular weight is 455 g/mol. The van der Waals surface area contributed by atoms with Gasteiger partial charge in [0, 0.05) is 14.2 Å². The van der Waals surface area contributed by atoms with Crippen molar-refractivity contribution in [3.63, 3.8) is 0 Å². The number of carbonyl (C=O) groups is 2. The Labute approximate surface area is 173 Å². The molecule has 1 heterocycles. The lowest BCUT2D eigenvalue weighted by molar-refractivity contribution is -0.221. The summed E-state index contributed by atoms with van der Waals surface area (Å²) in [5.74, 6) is -6.62. The molecule has 2 bridgehead atoms. The van der Waals surface area contributed by atoms with E-state index in [1.165, 1.54) is 32.4 Å². The van der Waals surface area contributed by atoms with Crippen LogP contribution in [0.5, 0.6) is 0 Å². The molecular weight excluding hydrogens is 443 g/mol. The van der Waals surface area contributed by atoms with E-state index < -0.39 is 45.0 Å². The standard InChI is InChI=1S/C17H12Cl4FNO4/c1-26-17(27-2)15(20)9-10(16(17,21)12(19)11(15)18)14(25)23(13(9)24)8-6-4-3-5-7(8)22/h3-6,9-10H,1-2H3/t9-,10-,15+,16+/m1/s1. The van der Waals surface area contributed by atoms with Gasteiger partial charge in [0.2, 0.25) is 17.6 Å². The van der Waals surface area contributed by atoms with Gasteiger partial charge in [0.05, 0.1) is 27.6 Å². The largest absolute Gasteiger partial charge is 0.350 e. The average Bonchev–Trinajstić information content (AvgIpc) is 3.06. The molecule has 2 fully saturated rings. The van der Waals surface area contributed by atoms with Crippen LogP contribution >= 0.6 is 46.4 Å². The highest BCUT2D eigenvalue weighted by Crippen LogP contribution is 2.75. The lowest BCUT2D eigenvalue weighted by Crippen LogP contribution is -2.60. The molecule has 4 rings (SSSR count). The number of imide groups is 1. The number of hydrogen-bond donors (Lipinski definition) is 0. The summed E-state index contributed by atoms with van der Waals surface area (Å²) in [5, 5.41) is -0.273. The zero-order valence-corrected chi connectivity index (χ0v) is 17.0. The monoisotopic (exact) mass is 453 g/mol. The Morgan fingerprint density at radius 2 is 1.41 bits per heavy atom. The molecule has 4 atom stereocenters. The molecule has 144 valence electrons. The molecule has 0 spiro atoms. The molecule has 1 saturated heterocycles. The van der Waals surface area contributed by atoms with E-state index in [1.54, 1.807) is 0 Å². The Morgan fingerprint density at radius 3 is 1.81 bits per heavy atom. The summed E-state index contributed by atoms with van der Waals surface area (Å²) in [6.07, 6.45) is 0. The number of benzene rings is 1. The van der Waals surface area contributed by atoms with Crippen molar-refractivity contribution >= 4 is 63.9 Å². The van der Waals surface area contributed by atoms with E-state index in [2.05, 4.69) is 0 Å². The van der Waals surface area contributed by atoms with Gasteiger partial charge < -0.3 is 9.47 Å². The first-order chi connectivity index (χ1) is 12.6. The fourth-order valence-electron chi connectivity index (χ4n) is 4.58.